The van der Waals surface area contributed by atoms with Crippen LogP contribution in [0, 0.1) is 0 Å². The van der Waals surface area contributed by atoms with Crippen LogP contribution in [0.15, 0.2) is 63.1 Å². The third kappa shape index (κ3) is 5.01. The number of carbonyl (C=O) groups excluding carboxylic acids is 1. The van der Waals surface area contributed by atoms with Gasteiger partial charge < -0.3 is 14.8 Å². The minimum absolute atomic E-state index is 0.132. The summed E-state index contributed by atoms with van der Waals surface area (Å²) in [5.74, 6) is -0.199. The maximum atomic E-state index is 12.4. The highest BCUT2D eigenvalue weighted by Crippen LogP contribution is 2.34. The molecule has 4 rings (SSSR count). The molecule has 3 heterocycles. The van der Waals surface area contributed by atoms with Crippen LogP contribution >= 0.6 is 38.9 Å². The van der Waals surface area contributed by atoms with Crippen molar-refractivity contribution in [3.8, 4) is 22.8 Å². The van der Waals surface area contributed by atoms with E-state index < -0.39 is 5.97 Å². The Labute approximate surface area is 193 Å². The highest BCUT2D eigenvalue weighted by atomic mass is 79.9. The number of hydrogen-bond donors (Lipinski definition) is 2. The van der Waals surface area contributed by atoms with Gasteiger partial charge in [0.1, 0.15) is 16.5 Å². The van der Waals surface area contributed by atoms with Crippen molar-refractivity contribution in [2.75, 3.05) is 5.32 Å². The van der Waals surface area contributed by atoms with Gasteiger partial charge in [0, 0.05) is 33.5 Å². The molecule has 0 atom stereocenters. The van der Waals surface area contributed by atoms with Crippen LogP contribution in [0.5, 0.6) is 0 Å². The summed E-state index contributed by atoms with van der Waals surface area (Å²) in [7, 11) is 0. The summed E-state index contributed by atoms with van der Waals surface area (Å²) in [6.45, 7) is 0. The van der Waals surface area contributed by atoms with E-state index in [2.05, 4.69) is 31.2 Å². The number of benzene rings is 1. The Morgan fingerprint density at radius 1 is 1.16 bits per heavy atom. The summed E-state index contributed by atoms with van der Waals surface area (Å²) in [5.41, 5.74) is 2.16. The quantitative estimate of drug-likeness (QED) is 0.336. The fourth-order valence-corrected chi connectivity index (χ4v) is 4.20. The lowest BCUT2D eigenvalue weighted by Gasteiger charge is -2.08. The average Bonchev–Trinajstić information content (AvgIpc) is 3.37. The molecule has 3 aromatic heterocycles. The summed E-state index contributed by atoms with van der Waals surface area (Å²) in [6, 6.07) is 10.3. The van der Waals surface area contributed by atoms with E-state index in [0.717, 1.165) is 0 Å². The molecule has 0 bridgehead atoms. The number of carboxylic acids is 1. The second-order valence-electron chi connectivity index (χ2n) is 6.40. The van der Waals surface area contributed by atoms with Crippen molar-refractivity contribution in [1.82, 2.24) is 9.97 Å². The van der Waals surface area contributed by atoms with Crippen LogP contribution in [0.1, 0.15) is 15.4 Å². The molecule has 0 radical (unpaired) electrons. The van der Waals surface area contributed by atoms with Gasteiger partial charge in [-0.2, -0.15) is 0 Å². The largest absolute Gasteiger partial charge is 0.481 e. The number of thiazole rings is 1. The van der Waals surface area contributed by atoms with E-state index in [1.54, 1.807) is 48.0 Å². The van der Waals surface area contributed by atoms with Crippen molar-refractivity contribution >= 4 is 56.4 Å². The molecule has 7 nitrogen and oxygen atoms in total. The number of halogens is 2. The zero-order valence-corrected chi connectivity index (χ0v) is 18.8. The number of rotatable bonds is 6. The van der Waals surface area contributed by atoms with Gasteiger partial charge in [-0.1, -0.05) is 11.6 Å². The van der Waals surface area contributed by atoms with Crippen LogP contribution < -0.4 is 5.32 Å². The molecular formula is C21H13BrClN3O4S. The zero-order valence-electron chi connectivity index (χ0n) is 15.6. The third-order valence-electron chi connectivity index (χ3n) is 4.17. The predicted molar refractivity (Wildman–Crippen MR) is 121 cm³/mol. The van der Waals surface area contributed by atoms with Crippen molar-refractivity contribution in [1.29, 1.82) is 0 Å². The van der Waals surface area contributed by atoms with Gasteiger partial charge in [0.25, 0.3) is 5.91 Å². The van der Waals surface area contributed by atoms with Gasteiger partial charge in [0.05, 0.1) is 17.0 Å². The highest BCUT2D eigenvalue weighted by Gasteiger charge is 2.15. The first-order valence-corrected chi connectivity index (χ1v) is 10.9. The zero-order chi connectivity index (χ0) is 22.0. The molecule has 0 spiro atoms. The number of amides is 1. The molecule has 1 amide bonds. The number of pyridine rings is 1. The lowest BCUT2D eigenvalue weighted by atomic mass is 10.1. The van der Waals surface area contributed by atoms with Crippen LogP contribution in [0.2, 0.25) is 5.02 Å². The minimum Gasteiger partial charge on any atom is -0.481 e. The molecular weight excluding hydrogens is 506 g/mol. The van der Waals surface area contributed by atoms with E-state index in [-0.39, 0.29) is 12.3 Å². The third-order valence-corrected chi connectivity index (χ3v) is 5.77. The van der Waals surface area contributed by atoms with Gasteiger partial charge in [0.15, 0.2) is 5.76 Å². The smallest absolute Gasteiger partial charge is 0.310 e. The summed E-state index contributed by atoms with van der Waals surface area (Å²) < 4.78 is 6.58. The normalized spacial score (nSPS) is 10.8. The molecule has 0 unspecified atom stereocenters. The molecule has 1 aromatic carbocycles. The van der Waals surface area contributed by atoms with E-state index >= 15 is 0 Å². The van der Waals surface area contributed by atoms with Gasteiger partial charge in [-0.25, -0.2) is 4.98 Å². The fourth-order valence-electron chi connectivity index (χ4n) is 2.79. The predicted octanol–water partition coefficient (Wildman–Crippen LogP) is 5.76. The van der Waals surface area contributed by atoms with E-state index in [1.807, 2.05) is 0 Å². The number of aliphatic carboxylic acids is 1. The monoisotopic (exact) mass is 517 g/mol. The lowest BCUT2D eigenvalue weighted by Crippen LogP contribution is -2.12. The number of hydrogen-bond acceptors (Lipinski definition) is 6. The molecule has 0 saturated carbocycles. The van der Waals surface area contributed by atoms with Crippen molar-refractivity contribution in [3.63, 3.8) is 0 Å². The second kappa shape index (κ2) is 9.01. The van der Waals surface area contributed by atoms with Gasteiger partial charge in [-0.3, -0.25) is 14.6 Å². The molecule has 0 aliphatic rings. The first kappa shape index (κ1) is 21.2. The standard InChI is InChI=1S/C21H13BrClN3O4S/c22-12-5-11(8-24-9-12)21(29)25-13-1-2-14(15(23)6-13)17-3-4-18(30-17)16-10-31-19(26-16)7-20(27)28/h1-6,8-10H,7H2,(H,25,29)(H,27,28). The molecule has 0 aliphatic heterocycles. The van der Waals surface area contributed by atoms with Crippen molar-refractivity contribution in [3.05, 3.63) is 74.2 Å². The first-order valence-electron chi connectivity index (χ1n) is 8.87. The Balaban J connectivity index is 1.51. The maximum absolute atomic E-state index is 12.4. The van der Waals surface area contributed by atoms with Crippen LogP contribution in [0.3, 0.4) is 0 Å². The molecule has 31 heavy (non-hydrogen) atoms. The van der Waals surface area contributed by atoms with Crippen LogP contribution in [-0.2, 0) is 11.2 Å². The lowest BCUT2D eigenvalue weighted by molar-refractivity contribution is -0.136. The Hall–Kier alpha value is -3.01. The molecule has 2 N–H and O–H groups in total. The fraction of sp³-hybridized carbons (Fsp3) is 0.0476. The van der Waals surface area contributed by atoms with Crippen LogP contribution in [0.4, 0.5) is 5.69 Å². The number of anilines is 1. The van der Waals surface area contributed by atoms with Crippen LogP contribution in [-0.4, -0.2) is 27.0 Å². The summed E-state index contributed by atoms with van der Waals surface area (Å²) in [6.07, 6.45) is 2.94. The number of nitrogens with one attached hydrogen (secondary N) is 1. The first-order chi connectivity index (χ1) is 14.9. The van der Waals surface area contributed by atoms with E-state index in [1.165, 1.54) is 17.5 Å². The van der Waals surface area contributed by atoms with E-state index in [9.17, 15) is 9.59 Å². The highest BCUT2D eigenvalue weighted by molar-refractivity contribution is 9.10. The average molecular weight is 519 g/mol. The molecule has 0 aliphatic carbocycles. The van der Waals surface area contributed by atoms with Gasteiger partial charge in [-0.05, 0) is 52.3 Å². The topological polar surface area (TPSA) is 105 Å². The summed E-state index contributed by atoms with van der Waals surface area (Å²) in [5, 5.41) is 14.3. The van der Waals surface area contributed by atoms with E-state index in [4.69, 9.17) is 21.1 Å². The molecule has 0 saturated heterocycles. The molecule has 156 valence electrons. The van der Waals surface area contributed by atoms with Gasteiger partial charge >= 0.3 is 5.97 Å². The molecule has 4 aromatic rings. The molecule has 10 heteroatoms. The Bertz CT molecular complexity index is 1290. The van der Waals surface area contributed by atoms with E-state index in [0.29, 0.717) is 48.5 Å². The SMILES string of the molecule is O=C(O)Cc1nc(-c2ccc(-c3ccc(NC(=O)c4cncc(Br)c4)cc3Cl)o2)cs1. The minimum atomic E-state index is -0.934. The number of carboxylic acid groups (broad SMARTS) is 1. The number of nitrogens with zero attached hydrogens (tertiary/aromatic N) is 2. The number of carbonyl (C=O) groups is 2. The number of aromatic nitrogens is 2. The van der Waals surface area contributed by atoms with Crippen molar-refractivity contribution in [2.24, 2.45) is 0 Å². The van der Waals surface area contributed by atoms with Crippen LogP contribution in [0.25, 0.3) is 22.8 Å². The second-order valence-corrected chi connectivity index (χ2v) is 8.67. The summed E-state index contributed by atoms with van der Waals surface area (Å²) in [4.78, 5) is 31.5. The van der Waals surface area contributed by atoms with Gasteiger partial charge in [0.2, 0.25) is 0 Å². The Morgan fingerprint density at radius 3 is 2.71 bits per heavy atom. The Kier molecular flexibility index (Phi) is 6.17. The number of furan rings is 1. The van der Waals surface area contributed by atoms with Crippen molar-refractivity contribution < 1.29 is 19.1 Å². The van der Waals surface area contributed by atoms with Crippen molar-refractivity contribution in [2.45, 2.75) is 6.42 Å². The van der Waals surface area contributed by atoms with Gasteiger partial charge in [-0.15, -0.1) is 11.3 Å². The Morgan fingerprint density at radius 2 is 1.97 bits per heavy atom. The molecule has 0 fully saturated rings. The summed E-state index contributed by atoms with van der Waals surface area (Å²) >= 11 is 11.0. The maximum Gasteiger partial charge on any atom is 0.310 e.